The van der Waals surface area contributed by atoms with Crippen molar-refractivity contribution in [2.24, 2.45) is 0 Å². The smallest absolute Gasteiger partial charge is 0.310 e. The van der Waals surface area contributed by atoms with Crippen LogP contribution < -0.4 is 19.5 Å². The maximum absolute atomic E-state index is 14.5. The summed E-state index contributed by atoms with van der Waals surface area (Å²) in [6, 6.07) is 14.4. The number of carbonyl (C=O) groups is 2. The van der Waals surface area contributed by atoms with Gasteiger partial charge in [-0.25, -0.2) is 21.6 Å². The highest BCUT2D eigenvalue weighted by Crippen LogP contribution is 2.41. The highest BCUT2D eigenvalue weighted by atomic mass is 32.2. The maximum Gasteiger partial charge on any atom is 0.310 e. The molecule has 2 N–H and O–H groups in total. The van der Waals surface area contributed by atoms with Crippen LogP contribution in [0.25, 0.3) is 11.1 Å². The SMILES string of the molecule is CCNC(=O)c1ccc(Oc2cc(-c3ccc(F)cc3)c(CC(=O)OC)cc2OC)c(NS(=O)(=O)c2ccc(F)cc2F)c1. The van der Waals surface area contributed by atoms with Crippen LogP contribution in [0.1, 0.15) is 22.8 Å². The highest BCUT2D eigenvalue weighted by Gasteiger charge is 2.24. The number of carbonyl (C=O) groups excluding carboxylic acids is 2. The molecular formula is C31H27F3N2O7S. The first-order chi connectivity index (χ1) is 20.9. The van der Waals surface area contributed by atoms with Crippen molar-refractivity contribution in [3.05, 3.63) is 101 Å². The van der Waals surface area contributed by atoms with Crippen molar-refractivity contribution in [1.29, 1.82) is 0 Å². The van der Waals surface area contributed by atoms with Gasteiger partial charge < -0.3 is 19.5 Å². The van der Waals surface area contributed by atoms with E-state index in [0.29, 0.717) is 29.3 Å². The third-order valence-electron chi connectivity index (χ3n) is 6.33. The maximum atomic E-state index is 14.5. The Hall–Kier alpha value is -5.04. The fourth-order valence-corrected chi connectivity index (χ4v) is 5.35. The van der Waals surface area contributed by atoms with E-state index in [0.717, 1.165) is 12.1 Å². The first-order valence-corrected chi connectivity index (χ1v) is 14.6. The number of rotatable bonds is 11. The molecule has 0 atom stereocenters. The molecular weight excluding hydrogens is 601 g/mol. The number of amides is 1. The molecule has 0 bridgehead atoms. The second-order valence-electron chi connectivity index (χ2n) is 9.27. The summed E-state index contributed by atoms with van der Waals surface area (Å²) in [5.41, 5.74) is 1.26. The molecule has 0 radical (unpaired) electrons. The van der Waals surface area contributed by atoms with Gasteiger partial charge in [-0.15, -0.1) is 0 Å². The third-order valence-corrected chi connectivity index (χ3v) is 7.73. The van der Waals surface area contributed by atoms with Crippen LogP contribution in [0.3, 0.4) is 0 Å². The van der Waals surface area contributed by atoms with Gasteiger partial charge >= 0.3 is 5.97 Å². The van der Waals surface area contributed by atoms with Crippen LogP contribution in [0.5, 0.6) is 17.2 Å². The Balaban J connectivity index is 1.84. The molecule has 0 heterocycles. The van der Waals surface area contributed by atoms with E-state index < -0.39 is 44.2 Å². The minimum atomic E-state index is -4.65. The number of nitrogens with one attached hydrogen (secondary N) is 2. The lowest BCUT2D eigenvalue weighted by molar-refractivity contribution is -0.139. The first-order valence-electron chi connectivity index (χ1n) is 13.1. The molecule has 13 heteroatoms. The second kappa shape index (κ2) is 13.5. The molecule has 230 valence electrons. The Bertz CT molecular complexity index is 1810. The Morgan fingerprint density at radius 1 is 0.818 bits per heavy atom. The molecule has 1 amide bonds. The lowest BCUT2D eigenvalue weighted by Gasteiger charge is -2.19. The lowest BCUT2D eigenvalue weighted by Crippen LogP contribution is -2.23. The number of methoxy groups -OCH3 is 2. The molecule has 0 aliphatic carbocycles. The Kier molecular flexibility index (Phi) is 9.79. The molecule has 0 spiro atoms. The molecule has 4 rings (SSSR count). The summed E-state index contributed by atoms with van der Waals surface area (Å²) in [4.78, 5) is 23.9. The molecule has 0 fully saturated rings. The quantitative estimate of drug-likeness (QED) is 0.200. The van der Waals surface area contributed by atoms with Crippen molar-refractivity contribution in [3.63, 3.8) is 0 Å². The van der Waals surface area contributed by atoms with Gasteiger partial charge in [-0.05, 0) is 78.2 Å². The van der Waals surface area contributed by atoms with Crippen molar-refractivity contribution < 1.29 is 45.4 Å². The van der Waals surface area contributed by atoms with Gasteiger partial charge in [0.25, 0.3) is 15.9 Å². The average molecular weight is 629 g/mol. The number of hydrogen-bond donors (Lipinski definition) is 2. The number of esters is 1. The number of sulfonamides is 1. The van der Waals surface area contributed by atoms with Crippen LogP contribution >= 0.6 is 0 Å². The molecule has 4 aromatic carbocycles. The zero-order valence-electron chi connectivity index (χ0n) is 23.7. The Morgan fingerprint density at radius 2 is 1.52 bits per heavy atom. The van der Waals surface area contributed by atoms with Gasteiger partial charge in [-0.3, -0.25) is 14.3 Å². The van der Waals surface area contributed by atoms with Gasteiger partial charge in [0.15, 0.2) is 17.2 Å². The van der Waals surface area contributed by atoms with Crippen molar-refractivity contribution in [3.8, 4) is 28.4 Å². The Morgan fingerprint density at radius 3 is 2.16 bits per heavy atom. The monoisotopic (exact) mass is 628 g/mol. The zero-order chi connectivity index (χ0) is 32.0. The average Bonchev–Trinajstić information content (AvgIpc) is 2.98. The summed E-state index contributed by atoms with van der Waals surface area (Å²) in [6.07, 6.45) is -0.157. The molecule has 0 saturated heterocycles. The molecule has 0 aliphatic heterocycles. The van der Waals surface area contributed by atoms with Gasteiger partial charge in [0.1, 0.15) is 22.3 Å². The van der Waals surface area contributed by atoms with E-state index in [1.54, 1.807) is 6.92 Å². The third kappa shape index (κ3) is 7.29. The van der Waals surface area contributed by atoms with Crippen LogP contribution in [0.15, 0.2) is 77.7 Å². The summed E-state index contributed by atoms with van der Waals surface area (Å²) in [7, 11) is -2.06. The minimum absolute atomic E-state index is 0.0552. The van der Waals surface area contributed by atoms with Crippen LogP contribution in [0.2, 0.25) is 0 Å². The summed E-state index contributed by atoms with van der Waals surface area (Å²) >= 11 is 0. The van der Waals surface area contributed by atoms with Crippen LogP contribution in [-0.4, -0.2) is 41.1 Å². The van der Waals surface area contributed by atoms with Gasteiger partial charge in [0.2, 0.25) is 0 Å². The number of ether oxygens (including phenoxy) is 3. The first kappa shape index (κ1) is 31.9. The molecule has 0 aliphatic rings. The van der Waals surface area contributed by atoms with Crippen LogP contribution in [0.4, 0.5) is 18.9 Å². The van der Waals surface area contributed by atoms with Crippen molar-refractivity contribution in [2.75, 3.05) is 25.5 Å². The van der Waals surface area contributed by atoms with E-state index in [2.05, 4.69) is 10.0 Å². The number of hydrogen-bond acceptors (Lipinski definition) is 7. The lowest BCUT2D eigenvalue weighted by atomic mass is 9.96. The van der Waals surface area contributed by atoms with E-state index in [1.807, 2.05) is 0 Å². The number of benzene rings is 4. The van der Waals surface area contributed by atoms with E-state index in [-0.39, 0.29) is 34.9 Å². The molecule has 4 aromatic rings. The molecule has 0 saturated carbocycles. The number of halogens is 3. The molecule has 44 heavy (non-hydrogen) atoms. The van der Waals surface area contributed by atoms with E-state index in [9.17, 15) is 31.2 Å². The fraction of sp³-hybridized carbons (Fsp3) is 0.161. The summed E-state index contributed by atoms with van der Waals surface area (Å²) in [5.74, 6) is -3.76. The standard InChI is InChI=1S/C31H27F3N2O7S/c1-4-35-31(38)19-7-11-26(25(13-19)36-44(39,40)29-12-10-22(33)16-24(29)34)43-28-17-23(18-5-8-21(32)9-6-18)20(14-27(28)41-2)15-30(37)42-3/h5-14,16-17,36H,4,15H2,1-3H3,(H,35,38). The normalized spacial score (nSPS) is 11.0. The van der Waals surface area contributed by atoms with Crippen molar-refractivity contribution >= 4 is 27.6 Å². The molecule has 0 aromatic heterocycles. The fourth-order valence-electron chi connectivity index (χ4n) is 4.23. The predicted molar refractivity (Wildman–Crippen MR) is 156 cm³/mol. The summed E-state index contributed by atoms with van der Waals surface area (Å²) in [5, 5.41) is 2.60. The molecule has 9 nitrogen and oxygen atoms in total. The van der Waals surface area contributed by atoms with Crippen LogP contribution in [0, 0.1) is 17.5 Å². The topological polar surface area (TPSA) is 120 Å². The second-order valence-corrected chi connectivity index (χ2v) is 10.9. The zero-order valence-corrected chi connectivity index (χ0v) is 24.6. The molecule has 0 unspecified atom stereocenters. The van der Waals surface area contributed by atoms with Crippen molar-refractivity contribution in [2.45, 2.75) is 18.2 Å². The highest BCUT2D eigenvalue weighted by molar-refractivity contribution is 7.92. The predicted octanol–water partition coefficient (Wildman–Crippen LogP) is 5.84. The minimum Gasteiger partial charge on any atom is -0.493 e. The van der Waals surface area contributed by atoms with Gasteiger partial charge in [-0.1, -0.05) is 12.1 Å². The van der Waals surface area contributed by atoms with Crippen molar-refractivity contribution in [1.82, 2.24) is 5.32 Å². The number of anilines is 1. The van der Waals surface area contributed by atoms with E-state index in [1.165, 1.54) is 68.8 Å². The largest absolute Gasteiger partial charge is 0.493 e. The summed E-state index contributed by atoms with van der Waals surface area (Å²) in [6.45, 7) is 1.99. The van der Waals surface area contributed by atoms with Gasteiger partial charge in [-0.2, -0.15) is 0 Å². The van der Waals surface area contributed by atoms with Crippen LogP contribution in [-0.2, 0) is 26.0 Å². The van der Waals surface area contributed by atoms with Gasteiger partial charge in [0, 0.05) is 18.2 Å². The van der Waals surface area contributed by atoms with Gasteiger partial charge in [0.05, 0.1) is 26.3 Å². The summed E-state index contributed by atoms with van der Waals surface area (Å²) < 4.78 is 86.6. The van der Waals surface area contributed by atoms with E-state index >= 15 is 0 Å². The Labute approximate surface area is 251 Å². The van der Waals surface area contributed by atoms with E-state index in [4.69, 9.17) is 14.2 Å².